The van der Waals surface area contributed by atoms with E-state index in [-0.39, 0.29) is 5.69 Å². The Morgan fingerprint density at radius 1 is 1.53 bits per heavy atom. The van der Waals surface area contributed by atoms with Gasteiger partial charge in [0.15, 0.2) is 0 Å². The molecule has 0 N–H and O–H groups in total. The molecule has 1 aromatic rings. The van der Waals surface area contributed by atoms with E-state index in [9.17, 15) is 10.1 Å². The highest BCUT2D eigenvalue weighted by atomic mass is 79.9. The minimum atomic E-state index is -0.425. The maximum Gasteiger partial charge on any atom is 0.273 e. The lowest BCUT2D eigenvalue weighted by Crippen LogP contribution is -2.07. The number of nitro groups is 1. The Morgan fingerprint density at radius 3 is 3.05 bits per heavy atom. The number of hydrogen-bond acceptors (Lipinski definition) is 4. The third-order valence-electron chi connectivity index (χ3n) is 3.08. The van der Waals surface area contributed by atoms with Crippen molar-refractivity contribution in [3.63, 3.8) is 0 Å². The van der Waals surface area contributed by atoms with Gasteiger partial charge >= 0.3 is 0 Å². The van der Waals surface area contributed by atoms with Gasteiger partial charge < -0.3 is 9.47 Å². The summed E-state index contributed by atoms with van der Waals surface area (Å²) in [6.07, 6.45) is 4.49. The zero-order chi connectivity index (χ0) is 13.7. The van der Waals surface area contributed by atoms with E-state index in [1.807, 2.05) is 0 Å². The second-order valence-corrected chi connectivity index (χ2v) is 5.35. The molecular weight excluding hydrogens is 314 g/mol. The van der Waals surface area contributed by atoms with Gasteiger partial charge in [0.1, 0.15) is 5.75 Å². The van der Waals surface area contributed by atoms with Crippen LogP contribution in [0.4, 0.5) is 5.69 Å². The molecule has 1 aromatic carbocycles. The van der Waals surface area contributed by atoms with E-state index in [2.05, 4.69) is 15.9 Å². The van der Waals surface area contributed by atoms with Crippen LogP contribution in [-0.4, -0.2) is 24.2 Å². The first-order valence-corrected chi connectivity index (χ1v) is 7.14. The summed E-state index contributed by atoms with van der Waals surface area (Å²) in [5.74, 6) is 0.515. The molecule has 0 radical (unpaired) electrons. The maximum absolute atomic E-state index is 10.7. The van der Waals surface area contributed by atoms with Gasteiger partial charge in [0, 0.05) is 12.7 Å². The Labute approximate surface area is 120 Å². The Kier molecular flexibility index (Phi) is 5.15. The first-order chi connectivity index (χ1) is 9.16. The minimum absolute atomic E-state index is 0.0392. The van der Waals surface area contributed by atoms with Gasteiger partial charge in [-0.3, -0.25) is 10.1 Å². The Hall–Kier alpha value is -1.14. The fourth-order valence-electron chi connectivity index (χ4n) is 2.08. The highest BCUT2D eigenvalue weighted by Crippen LogP contribution is 2.29. The molecule has 5 nitrogen and oxygen atoms in total. The molecule has 2 rings (SSSR count). The van der Waals surface area contributed by atoms with E-state index < -0.39 is 4.92 Å². The predicted octanol–water partition coefficient (Wildman–Crippen LogP) is 3.70. The molecule has 0 spiro atoms. The van der Waals surface area contributed by atoms with Gasteiger partial charge in [-0.2, -0.15) is 0 Å². The lowest BCUT2D eigenvalue weighted by Gasteiger charge is -2.10. The number of rotatable bonds is 6. The third-order valence-corrected chi connectivity index (χ3v) is 3.73. The summed E-state index contributed by atoms with van der Waals surface area (Å²) in [6.45, 7) is 1.40. The highest BCUT2D eigenvalue weighted by Gasteiger charge is 2.15. The van der Waals surface area contributed by atoms with Crippen LogP contribution in [0.2, 0.25) is 0 Å². The SMILES string of the molecule is O=[N+]([O-])c1ccc(Br)c(OCCCC2CCCO2)c1. The van der Waals surface area contributed by atoms with Crippen LogP contribution < -0.4 is 4.74 Å². The lowest BCUT2D eigenvalue weighted by atomic mass is 10.1. The van der Waals surface area contributed by atoms with Crippen molar-refractivity contribution in [1.29, 1.82) is 0 Å². The summed E-state index contributed by atoms with van der Waals surface area (Å²) in [4.78, 5) is 10.3. The van der Waals surface area contributed by atoms with Gasteiger partial charge in [-0.15, -0.1) is 0 Å². The van der Waals surface area contributed by atoms with Crippen LogP contribution in [-0.2, 0) is 4.74 Å². The van der Waals surface area contributed by atoms with Crippen molar-refractivity contribution in [1.82, 2.24) is 0 Å². The van der Waals surface area contributed by atoms with Crippen LogP contribution in [0.25, 0.3) is 0 Å². The van der Waals surface area contributed by atoms with Crippen molar-refractivity contribution >= 4 is 21.6 Å². The molecule has 19 heavy (non-hydrogen) atoms. The van der Waals surface area contributed by atoms with E-state index in [0.29, 0.717) is 18.5 Å². The number of nitro benzene ring substituents is 1. The topological polar surface area (TPSA) is 61.6 Å². The van der Waals surface area contributed by atoms with E-state index in [1.54, 1.807) is 6.07 Å². The van der Waals surface area contributed by atoms with Crippen molar-refractivity contribution in [2.75, 3.05) is 13.2 Å². The summed E-state index contributed by atoms with van der Waals surface area (Å²) in [6, 6.07) is 4.52. The number of halogens is 1. The van der Waals surface area contributed by atoms with Crippen LogP contribution in [0.5, 0.6) is 5.75 Å². The van der Waals surface area contributed by atoms with Gasteiger partial charge in [-0.25, -0.2) is 0 Å². The molecule has 104 valence electrons. The standard InChI is InChI=1S/C13H16BrNO4/c14-12-6-5-10(15(16)17)9-13(12)19-8-2-4-11-3-1-7-18-11/h5-6,9,11H,1-4,7-8H2. The summed E-state index contributed by atoms with van der Waals surface area (Å²) in [5.41, 5.74) is 0.0392. The van der Waals surface area contributed by atoms with Crippen molar-refractivity contribution in [2.45, 2.75) is 31.8 Å². The summed E-state index contributed by atoms with van der Waals surface area (Å²) in [5, 5.41) is 10.7. The van der Waals surface area contributed by atoms with E-state index in [4.69, 9.17) is 9.47 Å². The fourth-order valence-corrected chi connectivity index (χ4v) is 2.44. The zero-order valence-corrected chi connectivity index (χ0v) is 12.1. The molecule has 1 heterocycles. The van der Waals surface area contributed by atoms with Gasteiger partial charge in [-0.05, 0) is 47.7 Å². The van der Waals surface area contributed by atoms with E-state index in [0.717, 1.165) is 36.8 Å². The van der Waals surface area contributed by atoms with Crippen molar-refractivity contribution in [2.24, 2.45) is 0 Å². The van der Waals surface area contributed by atoms with Crippen molar-refractivity contribution in [3.8, 4) is 5.75 Å². The first kappa shape index (κ1) is 14.3. The molecule has 1 aliphatic heterocycles. The van der Waals surface area contributed by atoms with Crippen LogP contribution in [0.15, 0.2) is 22.7 Å². The zero-order valence-electron chi connectivity index (χ0n) is 10.5. The molecule has 1 saturated heterocycles. The molecule has 1 aliphatic rings. The molecular formula is C13H16BrNO4. The third kappa shape index (κ3) is 4.18. The average molecular weight is 330 g/mol. The van der Waals surface area contributed by atoms with Crippen molar-refractivity contribution in [3.05, 3.63) is 32.8 Å². The second-order valence-electron chi connectivity index (χ2n) is 4.50. The second kappa shape index (κ2) is 6.86. The normalized spacial score (nSPS) is 18.5. The minimum Gasteiger partial charge on any atom is -0.492 e. The maximum atomic E-state index is 10.7. The van der Waals surface area contributed by atoms with Crippen LogP contribution in [0.1, 0.15) is 25.7 Å². The summed E-state index contributed by atoms with van der Waals surface area (Å²) >= 11 is 3.33. The molecule has 1 unspecified atom stereocenters. The lowest BCUT2D eigenvalue weighted by molar-refractivity contribution is -0.385. The average Bonchev–Trinajstić information content (AvgIpc) is 2.89. The monoisotopic (exact) mass is 329 g/mol. The predicted molar refractivity (Wildman–Crippen MR) is 74.5 cm³/mol. The first-order valence-electron chi connectivity index (χ1n) is 6.35. The number of benzene rings is 1. The number of ether oxygens (including phenoxy) is 2. The molecule has 0 aromatic heterocycles. The van der Waals surface area contributed by atoms with Gasteiger partial charge in [0.05, 0.1) is 28.2 Å². The molecule has 0 amide bonds. The summed E-state index contributed by atoms with van der Waals surface area (Å²) in [7, 11) is 0. The molecule has 0 aliphatic carbocycles. The molecule has 6 heteroatoms. The van der Waals surface area contributed by atoms with Gasteiger partial charge in [0.25, 0.3) is 5.69 Å². The summed E-state index contributed by atoms with van der Waals surface area (Å²) < 4.78 is 11.8. The Bertz CT molecular complexity index is 446. The van der Waals surface area contributed by atoms with Crippen LogP contribution >= 0.6 is 15.9 Å². The molecule has 0 bridgehead atoms. The highest BCUT2D eigenvalue weighted by molar-refractivity contribution is 9.10. The number of non-ortho nitro benzene ring substituents is 1. The van der Waals surface area contributed by atoms with Gasteiger partial charge in [0.2, 0.25) is 0 Å². The van der Waals surface area contributed by atoms with Crippen molar-refractivity contribution < 1.29 is 14.4 Å². The Balaban J connectivity index is 1.81. The number of hydrogen-bond donors (Lipinski definition) is 0. The van der Waals surface area contributed by atoms with E-state index in [1.165, 1.54) is 12.1 Å². The fraction of sp³-hybridized carbons (Fsp3) is 0.538. The molecule has 1 fully saturated rings. The quantitative estimate of drug-likeness (QED) is 0.453. The largest absolute Gasteiger partial charge is 0.492 e. The number of nitrogens with zero attached hydrogens (tertiary/aromatic N) is 1. The van der Waals surface area contributed by atoms with Crippen LogP contribution in [0, 0.1) is 10.1 Å². The Morgan fingerprint density at radius 2 is 2.37 bits per heavy atom. The van der Waals surface area contributed by atoms with E-state index >= 15 is 0 Å². The molecule has 1 atom stereocenters. The van der Waals surface area contributed by atoms with Gasteiger partial charge in [-0.1, -0.05) is 0 Å². The smallest absolute Gasteiger partial charge is 0.273 e. The van der Waals surface area contributed by atoms with Crippen LogP contribution in [0.3, 0.4) is 0 Å². The molecule has 0 saturated carbocycles.